The number of rotatable bonds is 3. The summed E-state index contributed by atoms with van der Waals surface area (Å²) >= 11 is 0. The molecule has 0 aliphatic carbocycles. The van der Waals surface area contributed by atoms with Crippen molar-refractivity contribution in [2.45, 2.75) is 5.75 Å². The van der Waals surface area contributed by atoms with E-state index < -0.39 is 9.84 Å². The zero-order valence-corrected chi connectivity index (χ0v) is 10.5. The molecule has 0 aliphatic heterocycles. The molecule has 0 radical (unpaired) electrons. The summed E-state index contributed by atoms with van der Waals surface area (Å²) < 4.78 is 22.8. The highest BCUT2D eigenvalue weighted by molar-refractivity contribution is 7.89. The second-order valence-corrected chi connectivity index (χ2v) is 6.13. The van der Waals surface area contributed by atoms with Crippen molar-refractivity contribution in [2.75, 3.05) is 6.26 Å². The Balaban J connectivity index is 2.56. The van der Waals surface area contributed by atoms with Crippen molar-refractivity contribution in [1.82, 2.24) is 9.97 Å². The first-order valence-electron chi connectivity index (χ1n) is 5.20. The largest absolute Gasteiger partial charge is 0.345 e. The molecule has 1 aromatic heterocycles. The van der Waals surface area contributed by atoms with E-state index in [1.807, 2.05) is 6.07 Å². The predicted molar refractivity (Wildman–Crippen MR) is 67.3 cm³/mol. The summed E-state index contributed by atoms with van der Waals surface area (Å²) in [5.41, 5.74) is 1.71. The van der Waals surface area contributed by atoms with Gasteiger partial charge in [0, 0.05) is 24.2 Å². The predicted octanol–water partition coefficient (Wildman–Crippen LogP) is 1.49. The van der Waals surface area contributed by atoms with Gasteiger partial charge in [-0.15, -0.1) is 0 Å². The van der Waals surface area contributed by atoms with Crippen molar-refractivity contribution in [1.29, 1.82) is 5.26 Å². The average Bonchev–Trinajstić information content (AvgIpc) is 2.80. The number of nitriles is 1. The Morgan fingerprint density at radius 2 is 2.22 bits per heavy atom. The smallest absolute Gasteiger partial charge is 0.151 e. The van der Waals surface area contributed by atoms with Crippen LogP contribution in [0.4, 0.5) is 0 Å². The molecule has 1 aromatic carbocycles. The zero-order valence-electron chi connectivity index (χ0n) is 9.71. The molecule has 1 heterocycles. The molecule has 0 atom stereocenters. The maximum atomic E-state index is 11.4. The van der Waals surface area contributed by atoms with Gasteiger partial charge >= 0.3 is 0 Å². The van der Waals surface area contributed by atoms with Crippen molar-refractivity contribution in [3.63, 3.8) is 0 Å². The number of aromatic nitrogens is 2. The first-order valence-corrected chi connectivity index (χ1v) is 7.26. The molecule has 0 fully saturated rings. The van der Waals surface area contributed by atoms with Crippen LogP contribution in [0, 0.1) is 11.3 Å². The molecule has 0 bridgehead atoms. The van der Waals surface area contributed by atoms with E-state index in [9.17, 15) is 8.42 Å². The maximum Gasteiger partial charge on any atom is 0.151 e. The minimum Gasteiger partial charge on any atom is -0.345 e. The van der Waals surface area contributed by atoms with Crippen LogP contribution in [0.5, 0.6) is 0 Å². The van der Waals surface area contributed by atoms with E-state index >= 15 is 0 Å². The van der Waals surface area contributed by atoms with Crippen LogP contribution in [0.1, 0.15) is 11.1 Å². The Labute approximate surface area is 105 Å². The highest BCUT2D eigenvalue weighted by Gasteiger charge is 2.13. The Morgan fingerprint density at radius 1 is 1.44 bits per heavy atom. The van der Waals surface area contributed by atoms with Crippen LogP contribution in [0.3, 0.4) is 0 Å². The number of H-pyrrole nitrogens is 1. The number of sulfone groups is 1. The van der Waals surface area contributed by atoms with Crippen LogP contribution >= 0.6 is 0 Å². The first kappa shape index (κ1) is 12.3. The summed E-state index contributed by atoms with van der Waals surface area (Å²) in [5.74, 6) is 0.483. The Kier molecular flexibility index (Phi) is 3.17. The summed E-state index contributed by atoms with van der Waals surface area (Å²) in [6.07, 6.45) is 4.42. The van der Waals surface area contributed by atoms with E-state index in [0.717, 1.165) is 6.26 Å². The van der Waals surface area contributed by atoms with Crippen molar-refractivity contribution >= 4 is 9.84 Å². The fourth-order valence-corrected chi connectivity index (χ4v) is 2.51. The van der Waals surface area contributed by atoms with Gasteiger partial charge in [0.1, 0.15) is 5.82 Å². The first-order chi connectivity index (χ1) is 8.49. The number of nitrogens with one attached hydrogen (secondary N) is 1. The van der Waals surface area contributed by atoms with Gasteiger partial charge in [-0.25, -0.2) is 13.4 Å². The second-order valence-electron chi connectivity index (χ2n) is 3.99. The fourth-order valence-electron chi connectivity index (χ4n) is 1.71. The minimum absolute atomic E-state index is 0.113. The molecule has 5 nitrogen and oxygen atoms in total. The highest BCUT2D eigenvalue weighted by Crippen LogP contribution is 2.23. The average molecular weight is 261 g/mol. The number of benzene rings is 1. The lowest BCUT2D eigenvalue weighted by Crippen LogP contribution is -2.03. The zero-order chi connectivity index (χ0) is 13.2. The van der Waals surface area contributed by atoms with Gasteiger partial charge in [-0.05, 0) is 23.8 Å². The molecule has 2 aromatic rings. The summed E-state index contributed by atoms with van der Waals surface area (Å²) in [6.45, 7) is 0. The van der Waals surface area contributed by atoms with Gasteiger partial charge in [0.25, 0.3) is 0 Å². The molecule has 0 aliphatic rings. The lowest BCUT2D eigenvalue weighted by molar-refractivity contribution is 0.601. The molecule has 6 heteroatoms. The standard InChI is InChI=1S/C12H11N3O2S/c1-18(16,17)8-10-6-9(7-13)2-3-11(10)12-14-4-5-15-12/h2-6H,8H2,1H3,(H,14,15). The summed E-state index contributed by atoms with van der Waals surface area (Å²) in [6, 6.07) is 6.93. The van der Waals surface area contributed by atoms with Crippen LogP contribution in [0.15, 0.2) is 30.6 Å². The molecular formula is C12H11N3O2S. The lowest BCUT2D eigenvalue weighted by Gasteiger charge is -2.07. The van der Waals surface area contributed by atoms with Gasteiger partial charge in [0.05, 0.1) is 17.4 Å². The van der Waals surface area contributed by atoms with E-state index in [2.05, 4.69) is 9.97 Å². The second kappa shape index (κ2) is 4.63. The van der Waals surface area contributed by atoms with Crippen molar-refractivity contribution in [3.05, 3.63) is 41.7 Å². The van der Waals surface area contributed by atoms with Gasteiger partial charge in [0.15, 0.2) is 9.84 Å². The highest BCUT2D eigenvalue weighted by atomic mass is 32.2. The van der Waals surface area contributed by atoms with E-state index in [4.69, 9.17) is 5.26 Å². The molecule has 0 amide bonds. The monoisotopic (exact) mass is 261 g/mol. The molecule has 0 unspecified atom stereocenters. The quantitative estimate of drug-likeness (QED) is 0.906. The molecule has 2 rings (SSSR count). The molecule has 0 saturated heterocycles. The Morgan fingerprint density at radius 3 is 2.78 bits per heavy atom. The number of hydrogen-bond acceptors (Lipinski definition) is 4. The Bertz CT molecular complexity index is 697. The third-order valence-corrected chi connectivity index (χ3v) is 3.24. The third-order valence-electron chi connectivity index (χ3n) is 2.41. The van der Waals surface area contributed by atoms with Crippen LogP contribution in [0.2, 0.25) is 0 Å². The van der Waals surface area contributed by atoms with Crippen molar-refractivity contribution in [2.24, 2.45) is 0 Å². The van der Waals surface area contributed by atoms with Gasteiger partial charge in [-0.1, -0.05) is 0 Å². The van der Waals surface area contributed by atoms with E-state index in [1.54, 1.807) is 30.6 Å². The molecule has 92 valence electrons. The van der Waals surface area contributed by atoms with Crippen LogP contribution in [0.25, 0.3) is 11.4 Å². The molecule has 18 heavy (non-hydrogen) atoms. The topological polar surface area (TPSA) is 86.6 Å². The van der Waals surface area contributed by atoms with Crippen molar-refractivity contribution < 1.29 is 8.42 Å². The fraction of sp³-hybridized carbons (Fsp3) is 0.167. The molecule has 1 N–H and O–H groups in total. The number of aromatic amines is 1. The third kappa shape index (κ3) is 2.76. The number of nitrogens with zero attached hydrogens (tertiary/aromatic N) is 2. The van der Waals surface area contributed by atoms with Gasteiger partial charge in [-0.2, -0.15) is 5.26 Å². The molecular weight excluding hydrogens is 250 g/mol. The minimum atomic E-state index is -3.17. The van der Waals surface area contributed by atoms with Crippen molar-refractivity contribution in [3.8, 4) is 17.5 Å². The summed E-state index contributed by atoms with van der Waals surface area (Å²) in [5, 5.41) is 8.86. The van der Waals surface area contributed by atoms with E-state index in [0.29, 0.717) is 22.5 Å². The summed E-state index contributed by atoms with van der Waals surface area (Å²) in [4.78, 5) is 7.03. The van der Waals surface area contributed by atoms with Crippen LogP contribution < -0.4 is 0 Å². The van der Waals surface area contributed by atoms with Crippen LogP contribution in [-0.4, -0.2) is 24.6 Å². The van der Waals surface area contributed by atoms with E-state index in [-0.39, 0.29) is 5.75 Å². The van der Waals surface area contributed by atoms with Gasteiger partial charge in [-0.3, -0.25) is 0 Å². The normalized spacial score (nSPS) is 11.1. The van der Waals surface area contributed by atoms with Gasteiger partial charge < -0.3 is 4.98 Å². The number of hydrogen-bond donors (Lipinski definition) is 1. The van der Waals surface area contributed by atoms with E-state index in [1.165, 1.54) is 0 Å². The molecule has 0 spiro atoms. The van der Waals surface area contributed by atoms with Gasteiger partial charge in [0.2, 0.25) is 0 Å². The lowest BCUT2D eigenvalue weighted by atomic mass is 10.1. The number of imidazole rings is 1. The maximum absolute atomic E-state index is 11.4. The molecule has 0 saturated carbocycles. The summed E-state index contributed by atoms with van der Waals surface area (Å²) in [7, 11) is -3.17. The Hall–Kier alpha value is -2.13. The SMILES string of the molecule is CS(=O)(=O)Cc1cc(C#N)ccc1-c1ncc[nH]1. The van der Waals surface area contributed by atoms with Crippen LogP contribution in [-0.2, 0) is 15.6 Å².